The molecule has 0 aliphatic carbocycles. The molecule has 18 heavy (non-hydrogen) atoms. The first-order chi connectivity index (χ1) is 11.0. The number of hydrogen-bond acceptors (Lipinski definition) is 2. The van der Waals surface area contributed by atoms with E-state index in [1.54, 1.807) is 7.05 Å². The summed E-state index contributed by atoms with van der Waals surface area (Å²) < 4.78 is 45.5. The van der Waals surface area contributed by atoms with E-state index in [0.717, 1.165) is 5.56 Å². The molecule has 0 fully saturated rings. The van der Waals surface area contributed by atoms with Gasteiger partial charge in [0.05, 0.1) is 13.5 Å². The number of nitrogens with one attached hydrogen (secondary N) is 1. The highest BCUT2D eigenvalue weighted by atomic mass is 16.5. The summed E-state index contributed by atoms with van der Waals surface area (Å²) in [5.41, 5.74) is 0.917. The third kappa shape index (κ3) is 3.42. The van der Waals surface area contributed by atoms with Gasteiger partial charge in [0, 0.05) is 6.54 Å². The molecule has 1 unspecified atom stereocenters. The van der Waals surface area contributed by atoms with Crippen molar-refractivity contribution in [1.29, 1.82) is 0 Å². The average Bonchev–Trinajstić information content (AvgIpc) is 2.58. The quantitative estimate of drug-likeness (QED) is 0.791. The van der Waals surface area contributed by atoms with E-state index < -0.39 is 12.1 Å². The van der Waals surface area contributed by atoms with Crippen molar-refractivity contribution < 1.29 is 11.6 Å². The van der Waals surface area contributed by atoms with Gasteiger partial charge >= 0.3 is 0 Å². The molecule has 2 rings (SSSR count). The lowest BCUT2D eigenvalue weighted by atomic mass is 10.0. The summed E-state index contributed by atoms with van der Waals surface area (Å²) >= 11 is 0. The summed E-state index contributed by atoms with van der Waals surface area (Å²) in [5, 5.41) is 2.96. The molecular formula is C16H19NO. The Kier molecular flexibility index (Phi) is 2.98. The maximum atomic E-state index is 8.13. The van der Waals surface area contributed by atoms with Crippen LogP contribution in [0.2, 0.25) is 0 Å². The average molecular weight is 246 g/mol. The van der Waals surface area contributed by atoms with Gasteiger partial charge in [0.1, 0.15) is 6.10 Å². The van der Waals surface area contributed by atoms with Crippen molar-refractivity contribution in [2.24, 2.45) is 0 Å². The molecule has 1 N–H and O–H groups in total. The Morgan fingerprint density at radius 2 is 1.83 bits per heavy atom. The van der Waals surface area contributed by atoms with Crippen LogP contribution in [0.1, 0.15) is 24.1 Å². The van der Waals surface area contributed by atoms with Gasteiger partial charge in [0.25, 0.3) is 0 Å². The Bertz CT molecular complexity index is 649. The maximum Gasteiger partial charge on any atom is 0.108 e. The molecule has 2 nitrogen and oxygen atoms in total. The van der Waals surface area contributed by atoms with Gasteiger partial charge in [0.15, 0.2) is 0 Å². The molecule has 0 spiro atoms. The normalized spacial score (nSPS) is 16.2. The molecule has 2 aromatic rings. The second-order valence-electron chi connectivity index (χ2n) is 3.80. The topological polar surface area (TPSA) is 21.3 Å². The number of likely N-dealkylation sites (N-methyl/N-ethyl adjacent to an activating group) is 1. The largest absolute Gasteiger partial charge is 0.367 e. The summed E-state index contributed by atoms with van der Waals surface area (Å²) in [6.45, 7) is 0.959. The predicted molar refractivity (Wildman–Crippen MR) is 74.6 cm³/mol. The fourth-order valence-electron chi connectivity index (χ4n) is 1.64. The van der Waals surface area contributed by atoms with Crippen molar-refractivity contribution in [2.45, 2.75) is 6.10 Å². The van der Waals surface area contributed by atoms with Crippen molar-refractivity contribution in [3.63, 3.8) is 0 Å². The first-order valence-corrected chi connectivity index (χ1v) is 5.87. The van der Waals surface area contributed by atoms with E-state index in [4.69, 9.17) is 11.6 Å². The summed E-state index contributed by atoms with van der Waals surface area (Å²) in [4.78, 5) is 0. The van der Waals surface area contributed by atoms with Crippen LogP contribution in [-0.4, -0.2) is 20.2 Å². The second-order valence-corrected chi connectivity index (χ2v) is 3.80. The van der Waals surface area contributed by atoms with Crippen LogP contribution in [0.25, 0.3) is 0 Å². The molecular weight excluding hydrogens is 222 g/mol. The lowest BCUT2D eigenvalue weighted by Crippen LogP contribution is -2.17. The van der Waals surface area contributed by atoms with Crippen molar-refractivity contribution >= 4 is 0 Å². The monoisotopic (exact) mass is 246 g/mol. The first kappa shape index (κ1) is 7.72. The van der Waals surface area contributed by atoms with Crippen LogP contribution in [0, 0.1) is 0 Å². The van der Waals surface area contributed by atoms with Crippen molar-refractivity contribution in [1.82, 2.24) is 5.32 Å². The molecule has 2 heteroatoms. The molecule has 0 radical (unpaired) electrons. The molecule has 0 heterocycles. The summed E-state index contributed by atoms with van der Waals surface area (Å²) in [5.74, 6) is 0. The Hall–Kier alpha value is -1.64. The van der Waals surface area contributed by atoms with Gasteiger partial charge in [-0.3, -0.25) is 0 Å². The van der Waals surface area contributed by atoms with Crippen LogP contribution in [-0.2, 0) is 4.74 Å². The Morgan fingerprint density at radius 3 is 2.50 bits per heavy atom. The smallest absolute Gasteiger partial charge is 0.108 e. The highest BCUT2D eigenvalue weighted by Crippen LogP contribution is 2.25. The molecule has 2 aromatic carbocycles. The van der Waals surface area contributed by atoms with E-state index in [0.29, 0.717) is 13.2 Å². The minimum absolute atomic E-state index is 0.165. The van der Waals surface area contributed by atoms with E-state index in [2.05, 4.69) is 5.32 Å². The van der Waals surface area contributed by atoms with E-state index in [9.17, 15) is 0 Å². The third-order valence-electron chi connectivity index (χ3n) is 2.52. The number of hydrogen-bond donors (Lipinski definition) is 1. The standard InChI is InChI=1S/C16H19NO/c1-17-12-13-18-16(14-8-4-2-5-9-14)15-10-6-3-7-11-15/h2-11,16-17H,12-13H2,1H3/i2D,4D,5D,8D,9D. The molecule has 0 saturated heterocycles. The van der Waals surface area contributed by atoms with E-state index in [-0.39, 0.29) is 29.7 Å². The third-order valence-corrected chi connectivity index (χ3v) is 2.52. The zero-order chi connectivity index (χ0) is 17.0. The molecule has 94 valence electrons. The number of rotatable bonds is 6. The lowest BCUT2D eigenvalue weighted by Gasteiger charge is -2.18. The fourth-order valence-corrected chi connectivity index (χ4v) is 1.64. The van der Waals surface area contributed by atoms with Crippen LogP contribution in [0.3, 0.4) is 0 Å². The number of benzene rings is 2. The van der Waals surface area contributed by atoms with Crippen LogP contribution in [0.5, 0.6) is 0 Å². The Morgan fingerprint density at radius 1 is 1.11 bits per heavy atom. The Balaban J connectivity index is 2.56. The summed E-state index contributed by atoms with van der Waals surface area (Å²) in [6, 6.07) is 7.62. The van der Waals surface area contributed by atoms with Gasteiger partial charge in [-0.05, 0) is 18.2 Å². The first-order valence-electron chi connectivity index (χ1n) is 8.37. The predicted octanol–water partition coefficient (Wildman–Crippen LogP) is 3.01. The number of ether oxygens (including phenoxy) is 1. The molecule has 0 aliphatic rings. The van der Waals surface area contributed by atoms with Gasteiger partial charge in [0.2, 0.25) is 0 Å². The highest BCUT2D eigenvalue weighted by molar-refractivity contribution is 5.29. The van der Waals surface area contributed by atoms with Crippen molar-refractivity contribution in [2.75, 3.05) is 20.2 Å². The zero-order valence-corrected chi connectivity index (χ0v) is 10.3. The van der Waals surface area contributed by atoms with Crippen molar-refractivity contribution in [3.8, 4) is 0 Å². The van der Waals surface area contributed by atoms with Gasteiger partial charge in [-0.2, -0.15) is 0 Å². The fraction of sp³-hybridized carbons (Fsp3) is 0.250. The molecule has 0 aromatic heterocycles. The van der Waals surface area contributed by atoms with E-state index >= 15 is 0 Å². The van der Waals surface area contributed by atoms with Crippen LogP contribution in [0.15, 0.2) is 60.5 Å². The molecule has 0 bridgehead atoms. The lowest BCUT2D eigenvalue weighted by molar-refractivity contribution is 0.0831. The van der Waals surface area contributed by atoms with E-state index in [1.807, 2.05) is 30.3 Å². The van der Waals surface area contributed by atoms with Gasteiger partial charge in [-0.1, -0.05) is 60.5 Å². The van der Waals surface area contributed by atoms with Crippen molar-refractivity contribution in [3.05, 3.63) is 71.7 Å². The Labute approximate surface area is 116 Å². The highest BCUT2D eigenvalue weighted by Gasteiger charge is 2.13. The zero-order valence-electron chi connectivity index (χ0n) is 15.3. The van der Waals surface area contributed by atoms with Crippen LogP contribution < -0.4 is 5.32 Å². The second kappa shape index (κ2) is 6.94. The van der Waals surface area contributed by atoms with Crippen LogP contribution in [0.4, 0.5) is 0 Å². The van der Waals surface area contributed by atoms with Crippen LogP contribution >= 0.6 is 0 Å². The van der Waals surface area contributed by atoms with Gasteiger partial charge < -0.3 is 10.1 Å². The van der Waals surface area contributed by atoms with E-state index in [1.165, 1.54) is 0 Å². The van der Waals surface area contributed by atoms with Gasteiger partial charge in [-0.15, -0.1) is 0 Å². The summed E-state index contributed by atoms with van der Waals surface area (Å²) in [7, 11) is 1.80. The minimum Gasteiger partial charge on any atom is -0.367 e. The SMILES string of the molecule is [2H]c1c([2H])c([2H])c(C(OCCNC)c2ccccc2)c([2H])c1[2H]. The summed E-state index contributed by atoms with van der Waals surface area (Å²) in [6.07, 6.45) is -0.710. The molecule has 0 amide bonds. The maximum absolute atomic E-state index is 8.13. The van der Waals surface area contributed by atoms with Gasteiger partial charge in [-0.25, -0.2) is 0 Å². The molecule has 1 atom stereocenters. The minimum atomic E-state index is -0.710. The molecule has 0 saturated carbocycles. The molecule has 0 aliphatic heterocycles.